The fraction of sp³-hybridized carbons (Fsp3) is 0.125. The van der Waals surface area contributed by atoms with Crippen LogP contribution in [-0.4, -0.2) is 6.21 Å². The minimum absolute atomic E-state index is 0.337. The quantitative estimate of drug-likeness (QED) is 0.621. The van der Waals surface area contributed by atoms with Gasteiger partial charge >= 0.3 is 71.1 Å². The molecular formula is C8H8CoN2. The van der Waals surface area contributed by atoms with Crippen molar-refractivity contribution in [1.29, 1.82) is 4.23 Å². The molecule has 0 bridgehead atoms. The second-order valence-corrected chi connectivity index (χ2v) is 2.75. The summed E-state index contributed by atoms with van der Waals surface area (Å²) in [7, 11) is 0. The molecule has 0 fully saturated rings. The van der Waals surface area contributed by atoms with Gasteiger partial charge in [-0.05, 0) is 0 Å². The zero-order valence-corrected chi connectivity index (χ0v) is 7.16. The molecule has 0 atom stereocenters. The Hall–Kier alpha value is -0.894. The minimum atomic E-state index is 0.337. The summed E-state index contributed by atoms with van der Waals surface area (Å²) in [6, 6.07) is 7.44. The summed E-state index contributed by atoms with van der Waals surface area (Å²) in [6.07, 6.45) is 1.74. The second-order valence-electron chi connectivity index (χ2n) is 1.91. The van der Waals surface area contributed by atoms with E-state index >= 15 is 0 Å². The first kappa shape index (κ1) is 8.21. The molecule has 0 aromatic heterocycles. The summed E-state index contributed by atoms with van der Waals surface area (Å²) < 4.78 is 9.57. The number of rotatable bonds is 1. The summed E-state index contributed by atoms with van der Waals surface area (Å²) in [5.41, 5.74) is 0.916. The average Bonchev–Trinajstić information content (AvgIpc) is 2.07. The molecule has 0 radical (unpaired) electrons. The van der Waals surface area contributed by atoms with Crippen LogP contribution in [0.25, 0.3) is 0 Å². The van der Waals surface area contributed by atoms with Gasteiger partial charge in [0, 0.05) is 0 Å². The van der Waals surface area contributed by atoms with E-state index in [1.165, 1.54) is 0 Å². The maximum atomic E-state index is 8.69. The summed E-state index contributed by atoms with van der Waals surface area (Å²) in [4.78, 5) is 4.07. The van der Waals surface area contributed by atoms with Crippen molar-refractivity contribution < 1.29 is 14.3 Å². The van der Waals surface area contributed by atoms with Crippen LogP contribution >= 0.6 is 0 Å². The molecule has 3 heteroatoms. The van der Waals surface area contributed by atoms with E-state index in [9.17, 15) is 0 Å². The van der Waals surface area contributed by atoms with Crippen LogP contribution in [0.2, 0.25) is 0 Å². The van der Waals surface area contributed by atoms with Crippen molar-refractivity contribution >= 4 is 16.4 Å². The molecule has 0 unspecified atom stereocenters. The molecule has 1 aromatic rings. The summed E-state index contributed by atoms with van der Waals surface area (Å²) in [6.45, 7) is 1.87. The van der Waals surface area contributed by atoms with Gasteiger partial charge in [-0.15, -0.1) is 0 Å². The van der Waals surface area contributed by atoms with Crippen LogP contribution in [0.5, 0.6) is 0 Å². The van der Waals surface area contributed by atoms with Crippen molar-refractivity contribution in [3.8, 4) is 0 Å². The van der Waals surface area contributed by atoms with E-state index in [2.05, 4.69) is 4.99 Å². The maximum absolute atomic E-state index is 8.69. The molecule has 2 nitrogen and oxygen atoms in total. The number of nitrogens with zero attached hydrogens (tertiary/aromatic N) is 2. The van der Waals surface area contributed by atoms with Gasteiger partial charge in [0.1, 0.15) is 0 Å². The fourth-order valence-corrected chi connectivity index (χ4v) is 1.05. The summed E-state index contributed by atoms with van der Waals surface area (Å²) in [5.74, 6) is 0. The van der Waals surface area contributed by atoms with Gasteiger partial charge in [0.2, 0.25) is 0 Å². The predicted octanol–water partition coefficient (Wildman–Crippen LogP) is 1.60. The van der Waals surface area contributed by atoms with Crippen molar-refractivity contribution in [3.05, 3.63) is 24.3 Å². The van der Waals surface area contributed by atoms with E-state index in [4.69, 9.17) is 4.23 Å². The topological polar surface area (TPSA) is 36.1 Å². The Balaban J connectivity index is 2.94. The molecule has 0 heterocycles. The van der Waals surface area contributed by atoms with Gasteiger partial charge in [-0.1, -0.05) is 0 Å². The van der Waals surface area contributed by atoms with Crippen LogP contribution in [0.1, 0.15) is 6.92 Å². The molecule has 0 N–H and O–H groups in total. The molecule has 0 aliphatic heterocycles. The van der Waals surface area contributed by atoms with E-state index in [-0.39, 0.29) is 0 Å². The van der Waals surface area contributed by atoms with Gasteiger partial charge in [-0.25, -0.2) is 0 Å². The average molecular weight is 191 g/mol. The zero-order valence-electron chi connectivity index (χ0n) is 6.11. The van der Waals surface area contributed by atoms with Gasteiger partial charge in [0.05, 0.1) is 0 Å². The second kappa shape index (κ2) is 4.08. The number of hydrogen-bond acceptors (Lipinski definition) is 2. The Morgan fingerprint density at radius 2 is 2.00 bits per heavy atom. The summed E-state index contributed by atoms with van der Waals surface area (Å²) >= 11 is 0.337. The Morgan fingerprint density at radius 1 is 1.36 bits per heavy atom. The van der Waals surface area contributed by atoms with Gasteiger partial charge in [-0.3, -0.25) is 0 Å². The van der Waals surface area contributed by atoms with Crippen molar-refractivity contribution in [2.45, 2.75) is 6.92 Å². The Labute approximate surface area is 71.6 Å². The molecule has 1 aromatic carbocycles. The van der Waals surface area contributed by atoms with Crippen LogP contribution < -0.4 is 4.50 Å². The van der Waals surface area contributed by atoms with Crippen molar-refractivity contribution in [2.24, 2.45) is 4.99 Å². The van der Waals surface area contributed by atoms with Crippen LogP contribution in [0, 0.1) is 4.23 Å². The van der Waals surface area contributed by atoms with Gasteiger partial charge in [0.25, 0.3) is 0 Å². The first-order valence-electron chi connectivity index (χ1n) is 3.20. The standard InChI is InChI=1S/C8H8N.Co.N/c1-2-9-8-6-4-3-5-7-8;;/h2,4-7H,1H3;;. The third-order valence-corrected chi connectivity index (χ3v) is 1.79. The normalized spacial score (nSPS) is 10.5. The molecular weight excluding hydrogens is 183 g/mol. The van der Waals surface area contributed by atoms with Gasteiger partial charge < -0.3 is 0 Å². The number of hydrogen-bond donors (Lipinski definition) is 0. The van der Waals surface area contributed by atoms with Crippen LogP contribution in [0.4, 0.5) is 5.69 Å². The van der Waals surface area contributed by atoms with Crippen LogP contribution in [0.15, 0.2) is 29.3 Å². The van der Waals surface area contributed by atoms with E-state index in [0.29, 0.717) is 14.3 Å². The third kappa shape index (κ3) is 2.31. The summed E-state index contributed by atoms with van der Waals surface area (Å²) in [5, 5.41) is 0. The van der Waals surface area contributed by atoms with Crippen molar-refractivity contribution in [1.82, 2.24) is 0 Å². The van der Waals surface area contributed by atoms with Crippen LogP contribution in [-0.2, 0) is 14.3 Å². The zero-order chi connectivity index (χ0) is 8.10. The number of benzene rings is 1. The van der Waals surface area contributed by atoms with E-state index in [1.54, 1.807) is 6.21 Å². The van der Waals surface area contributed by atoms with E-state index in [1.807, 2.05) is 31.2 Å². The molecule has 0 spiro atoms. The molecule has 0 amide bonds. The Kier molecular flexibility index (Phi) is 3.05. The molecule has 0 aliphatic carbocycles. The fourth-order valence-electron chi connectivity index (χ4n) is 0.718. The van der Waals surface area contributed by atoms with E-state index in [0.717, 1.165) is 10.2 Å². The first-order valence-corrected chi connectivity index (χ1v) is 4.18. The predicted molar refractivity (Wildman–Crippen MR) is 41.6 cm³/mol. The third-order valence-electron chi connectivity index (χ3n) is 1.18. The van der Waals surface area contributed by atoms with Gasteiger partial charge in [-0.2, -0.15) is 0 Å². The molecule has 0 aliphatic rings. The monoisotopic (exact) mass is 191 g/mol. The Bertz CT molecular complexity index is 295. The molecule has 59 valence electrons. The van der Waals surface area contributed by atoms with Crippen molar-refractivity contribution in [2.75, 3.05) is 0 Å². The van der Waals surface area contributed by atoms with E-state index < -0.39 is 0 Å². The molecule has 0 saturated heterocycles. The number of aliphatic imine (C=N–C) groups is 1. The van der Waals surface area contributed by atoms with Gasteiger partial charge in [0.15, 0.2) is 0 Å². The molecule has 11 heavy (non-hydrogen) atoms. The molecule has 0 saturated carbocycles. The molecule has 1 rings (SSSR count). The SMILES string of the molecule is CC=Nc1cc[c]([Co]#[N])cc1. The Morgan fingerprint density at radius 3 is 2.45 bits per heavy atom. The van der Waals surface area contributed by atoms with Crippen LogP contribution in [0.3, 0.4) is 0 Å². The van der Waals surface area contributed by atoms with Crippen molar-refractivity contribution in [3.63, 3.8) is 0 Å². The first-order chi connectivity index (χ1) is 5.36.